The first-order valence-corrected chi connectivity index (χ1v) is 9.06. The Hall–Kier alpha value is -2.93. The van der Waals surface area contributed by atoms with Gasteiger partial charge in [-0.05, 0) is 55.4 Å². The van der Waals surface area contributed by atoms with Crippen LogP contribution in [0.25, 0.3) is 10.9 Å². The molecule has 0 radical (unpaired) electrons. The smallest absolute Gasteiger partial charge is 0.262 e. The van der Waals surface area contributed by atoms with Crippen LogP contribution in [0.2, 0.25) is 0 Å². The zero-order valence-electron chi connectivity index (χ0n) is 15.2. The summed E-state index contributed by atoms with van der Waals surface area (Å²) in [5, 5.41) is 3.37. The van der Waals surface area contributed by atoms with E-state index in [0.717, 1.165) is 11.3 Å². The van der Waals surface area contributed by atoms with Crippen molar-refractivity contribution in [2.24, 2.45) is 0 Å². The number of hydrogen-bond acceptors (Lipinski definition) is 4. The van der Waals surface area contributed by atoms with E-state index < -0.39 is 6.04 Å². The number of carbonyl (C=O) groups is 1. The fourth-order valence-corrected chi connectivity index (χ4v) is 3.27. The van der Waals surface area contributed by atoms with Crippen molar-refractivity contribution in [1.29, 1.82) is 0 Å². The van der Waals surface area contributed by atoms with Crippen LogP contribution in [0.4, 0.5) is 0 Å². The number of H-pyrrole nitrogens is 1. The summed E-state index contributed by atoms with van der Waals surface area (Å²) in [5.41, 5.74) is 1.48. The van der Waals surface area contributed by atoms with Crippen LogP contribution in [0.5, 0.6) is 5.75 Å². The molecule has 0 aliphatic heterocycles. The lowest BCUT2D eigenvalue weighted by molar-refractivity contribution is -0.123. The van der Waals surface area contributed by atoms with Gasteiger partial charge >= 0.3 is 0 Å². The van der Waals surface area contributed by atoms with Crippen LogP contribution in [0.3, 0.4) is 0 Å². The summed E-state index contributed by atoms with van der Waals surface area (Å²) in [6, 6.07) is 14.1. The van der Waals surface area contributed by atoms with Gasteiger partial charge in [0.2, 0.25) is 5.91 Å². The number of nitrogens with one attached hydrogen (secondary N) is 2. The van der Waals surface area contributed by atoms with E-state index in [0.29, 0.717) is 23.9 Å². The summed E-state index contributed by atoms with van der Waals surface area (Å²) >= 11 is 5.29. The van der Waals surface area contributed by atoms with Gasteiger partial charge in [-0.15, -0.1) is 0 Å². The van der Waals surface area contributed by atoms with Crippen LogP contribution in [0, 0.1) is 4.77 Å². The highest BCUT2D eigenvalue weighted by Gasteiger charge is 2.18. The molecule has 0 aliphatic carbocycles. The number of ether oxygens (including phenoxy) is 1. The molecule has 27 heavy (non-hydrogen) atoms. The van der Waals surface area contributed by atoms with Gasteiger partial charge < -0.3 is 15.0 Å². The Morgan fingerprint density at radius 2 is 1.93 bits per heavy atom. The molecule has 140 valence electrons. The maximum atomic E-state index is 12.7. The number of nitrogens with zero attached hydrogens (tertiary/aromatic N) is 1. The van der Waals surface area contributed by atoms with Gasteiger partial charge in [-0.25, -0.2) is 0 Å². The van der Waals surface area contributed by atoms with Crippen molar-refractivity contribution in [3.63, 3.8) is 0 Å². The van der Waals surface area contributed by atoms with Crippen molar-refractivity contribution in [2.45, 2.75) is 19.4 Å². The second-order valence-corrected chi connectivity index (χ2v) is 6.60. The summed E-state index contributed by atoms with van der Waals surface area (Å²) in [5.74, 6) is 0.543. The zero-order valence-corrected chi connectivity index (χ0v) is 16.0. The fraction of sp³-hybridized carbons (Fsp3) is 0.250. The Morgan fingerprint density at radius 3 is 2.63 bits per heavy atom. The molecule has 1 amide bonds. The molecule has 0 saturated heterocycles. The number of para-hydroxylation sites is 1. The van der Waals surface area contributed by atoms with Gasteiger partial charge in [0.25, 0.3) is 5.56 Å². The second kappa shape index (κ2) is 8.18. The molecule has 0 bridgehead atoms. The number of aromatic nitrogens is 2. The van der Waals surface area contributed by atoms with Crippen LogP contribution in [0.15, 0.2) is 53.3 Å². The SMILES string of the molecule is COc1ccc(CCNC(=O)[C@H](C)n2c(=S)[nH]c3ccccc3c2=O)cc1. The van der Waals surface area contributed by atoms with Crippen molar-refractivity contribution >= 4 is 29.0 Å². The number of methoxy groups -OCH3 is 1. The Morgan fingerprint density at radius 1 is 1.22 bits per heavy atom. The molecule has 3 aromatic rings. The molecular formula is C20H21N3O3S. The third kappa shape index (κ3) is 4.09. The molecule has 0 saturated carbocycles. The largest absolute Gasteiger partial charge is 0.497 e. The number of hydrogen-bond donors (Lipinski definition) is 2. The zero-order chi connectivity index (χ0) is 19.4. The monoisotopic (exact) mass is 383 g/mol. The topological polar surface area (TPSA) is 76.1 Å². The van der Waals surface area contributed by atoms with Gasteiger partial charge in [0, 0.05) is 6.54 Å². The van der Waals surface area contributed by atoms with Crippen LogP contribution in [-0.4, -0.2) is 29.1 Å². The van der Waals surface area contributed by atoms with Gasteiger partial charge in [0.15, 0.2) is 4.77 Å². The summed E-state index contributed by atoms with van der Waals surface area (Å²) < 4.78 is 6.68. The normalized spacial score (nSPS) is 11.9. The van der Waals surface area contributed by atoms with Gasteiger partial charge in [-0.2, -0.15) is 0 Å². The fourth-order valence-electron chi connectivity index (χ4n) is 2.92. The third-order valence-corrected chi connectivity index (χ3v) is 4.77. The molecule has 1 heterocycles. The number of benzene rings is 2. The number of rotatable bonds is 6. The molecule has 0 unspecified atom stereocenters. The van der Waals surface area contributed by atoms with Crippen LogP contribution in [0.1, 0.15) is 18.5 Å². The van der Waals surface area contributed by atoms with Gasteiger partial charge in [-0.1, -0.05) is 24.3 Å². The van der Waals surface area contributed by atoms with Crippen molar-refractivity contribution in [1.82, 2.24) is 14.9 Å². The van der Waals surface area contributed by atoms with Gasteiger partial charge in [0.05, 0.1) is 18.0 Å². The van der Waals surface area contributed by atoms with Crippen molar-refractivity contribution in [3.05, 3.63) is 69.2 Å². The third-order valence-electron chi connectivity index (χ3n) is 4.48. The first kappa shape index (κ1) is 18.8. The second-order valence-electron chi connectivity index (χ2n) is 6.22. The number of fused-ring (bicyclic) bond motifs is 1. The maximum absolute atomic E-state index is 12.7. The molecule has 1 atom stereocenters. The summed E-state index contributed by atoms with van der Waals surface area (Å²) in [7, 11) is 1.62. The van der Waals surface area contributed by atoms with E-state index in [-0.39, 0.29) is 16.2 Å². The van der Waals surface area contributed by atoms with E-state index in [1.807, 2.05) is 30.3 Å². The minimum atomic E-state index is -0.707. The highest BCUT2D eigenvalue weighted by molar-refractivity contribution is 7.71. The molecule has 7 heteroatoms. The number of aromatic amines is 1. The summed E-state index contributed by atoms with van der Waals surface area (Å²) in [4.78, 5) is 28.3. The van der Waals surface area contributed by atoms with E-state index in [1.54, 1.807) is 32.2 Å². The minimum absolute atomic E-state index is 0.233. The van der Waals surface area contributed by atoms with Crippen LogP contribution < -0.4 is 15.6 Å². The first-order chi connectivity index (χ1) is 13.0. The Balaban J connectivity index is 1.71. The highest BCUT2D eigenvalue weighted by Crippen LogP contribution is 2.12. The van der Waals surface area contributed by atoms with Crippen LogP contribution in [-0.2, 0) is 11.2 Å². The number of amides is 1. The predicted molar refractivity (Wildman–Crippen MR) is 108 cm³/mol. The Kier molecular flexibility index (Phi) is 5.71. The average Bonchev–Trinajstić information content (AvgIpc) is 2.68. The molecule has 1 aromatic heterocycles. The molecule has 0 fully saturated rings. The lowest BCUT2D eigenvalue weighted by Gasteiger charge is -2.16. The van der Waals surface area contributed by atoms with E-state index >= 15 is 0 Å². The molecule has 0 spiro atoms. The Labute approximate surface area is 161 Å². The maximum Gasteiger partial charge on any atom is 0.262 e. The average molecular weight is 383 g/mol. The minimum Gasteiger partial charge on any atom is -0.497 e. The van der Waals surface area contributed by atoms with E-state index in [9.17, 15) is 9.59 Å². The summed E-state index contributed by atoms with van der Waals surface area (Å²) in [6.07, 6.45) is 0.682. The predicted octanol–water partition coefficient (Wildman–Crippen LogP) is 2.99. The first-order valence-electron chi connectivity index (χ1n) is 8.65. The molecular weight excluding hydrogens is 362 g/mol. The molecule has 6 nitrogen and oxygen atoms in total. The van der Waals surface area contributed by atoms with E-state index in [4.69, 9.17) is 17.0 Å². The van der Waals surface area contributed by atoms with Crippen LogP contribution >= 0.6 is 12.2 Å². The van der Waals surface area contributed by atoms with Crippen molar-refractivity contribution in [2.75, 3.05) is 13.7 Å². The van der Waals surface area contributed by atoms with Crippen molar-refractivity contribution < 1.29 is 9.53 Å². The molecule has 2 aromatic carbocycles. The van der Waals surface area contributed by atoms with E-state index in [1.165, 1.54) is 4.57 Å². The van der Waals surface area contributed by atoms with Gasteiger partial charge in [0.1, 0.15) is 11.8 Å². The highest BCUT2D eigenvalue weighted by atomic mass is 32.1. The quantitative estimate of drug-likeness (QED) is 0.642. The standard InChI is InChI=1S/C20H21N3O3S/c1-13(18(24)21-12-11-14-7-9-15(26-2)10-8-14)23-19(25)16-5-3-4-6-17(16)22-20(23)27/h3-10,13H,11-12H2,1-2H3,(H,21,24)(H,22,27)/t13-/m0/s1. The van der Waals surface area contributed by atoms with E-state index in [2.05, 4.69) is 10.3 Å². The summed E-state index contributed by atoms with van der Waals surface area (Å²) in [6.45, 7) is 2.14. The van der Waals surface area contributed by atoms with Gasteiger partial charge in [-0.3, -0.25) is 14.2 Å². The molecule has 0 aliphatic rings. The van der Waals surface area contributed by atoms with Crippen molar-refractivity contribution in [3.8, 4) is 5.75 Å². The molecule has 2 N–H and O–H groups in total. The number of carbonyl (C=O) groups excluding carboxylic acids is 1. The molecule has 3 rings (SSSR count). The lowest BCUT2D eigenvalue weighted by Crippen LogP contribution is -2.37. The Bertz CT molecular complexity index is 1070. The lowest BCUT2D eigenvalue weighted by atomic mass is 10.1.